The van der Waals surface area contributed by atoms with Crippen molar-refractivity contribution >= 4 is 27.0 Å². The lowest BCUT2D eigenvalue weighted by Gasteiger charge is -1.78. The van der Waals surface area contributed by atoms with E-state index in [9.17, 15) is 4.79 Å². The maximum Gasteiger partial charge on any atom is 0.325 e. The second kappa shape index (κ2) is 1.67. The number of aromatic nitrogens is 1. The van der Waals surface area contributed by atoms with Crippen LogP contribution in [0, 0.1) is 0 Å². The average Bonchev–Trinajstić information content (AvgIpc) is 2.17. The van der Waals surface area contributed by atoms with E-state index in [-0.39, 0.29) is 6.54 Å². The van der Waals surface area contributed by atoms with Crippen LogP contribution in [0.1, 0.15) is 0 Å². The van der Waals surface area contributed by atoms with Gasteiger partial charge in [0.05, 0.1) is 0 Å². The lowest BCUT2D eigenvalue weighted by atomic mass is 10.7. The van der Waals surface area contributed by atoms with Crippen LogP contribution in [0.25, 0.3) is 0 Å². The topological polar surface area (TPSA) is 42.2 Å². The van der Waals surface area contributed by atoms with E-state index in [0.717, 1.165) is 0 Å². The molecule has 0 aromatic carbocycles. The van der Waals surface area contributed by atoms with Crippen molar-refractivity contribution in [2.45, 2.75) is 6.54 Å². The van der Waals surface area contributed by atoms with Crippen molar-refractivity contribution in [3.63, 3.8) is 0 Å². The lowest BCUT2D eigenvalue weighted by molar-refractivity contribution is -0.137. The summed E-state index contributed by atoms with van der Waals surface area (Å²) in [6, 6.07) is 0. The van der Waals surface area contributed by atoms with Crippen LogP contribution in [-0.2, 0) is 11.3 Å². The summed E-state index contributed by atoms with van der Waals surface area (Å²) < 4.78 is 1.68. The number of hydrogen-bond donors (Lipinski definition) is 1. The van der Waals surface area contributed by atoms with Gasteiger partial charge in [0, 0.05) is 21.1 Å². The summed E-state index contributed by atoms with van der Waals surface area (Å²) in [5.41, 5.74) is 0. The first-order valence-corrected chi connectivity index (χ1v) is 3.69. The zero-order chi connectivity index (χ0) is 5.28. The van der Waals surface area contributed by atoms with Crippen molar-refractivity contribution in [3.05, 3.63) is 0 Å². The van der Waals surface area contributed by atoms with Crippen molar-refractivity contribution in [1.29, 1.82) is 0 Å². The van der Waals surface area contributed by atoms with Gasteiger partial charge >= 0.3 is 5.97 Å². The van der Waals surface area contributed by atoms with Gasteiger partial charge in [0.15, 0.2) is 0 Å². The van der Waals surface area contributed by atoms with Gasteiger partial charge in [-0.1, -0.05) is 0 Å². The van der Waals surface area contributed by atoms with Crippen LogP contribution in [0.15, 0.2) is 0 Å². The molecule has 1 aromatic rings. The normalized spacial score (nSPS) is 9.71. The zero-order valence-electron chi connectivity index (χ0n) is 3.33. The van der Waals surface area contributed by atoms with Crippen molar-refractivity contribution in [1.82, 2.24) is 3.35 Å². The second-order valence-corrected chi connectivity index (χ2v) is 3.34. The highest BCUT2D eigenvalue weighted by atomic mass is 33.0. The fraction of sp³-hybridized carbons (Fsp3) is 0.500. The molecule has 0 fully saturated rings. The minimum absolute atomic E-state index is 0.148. The van der Waals surface area contributed by atoms with E-state index >= 15 is 0 Å². The van der Waals surface area contributed by atoms with Crippen LogP contribution in [-0.4, -0.2) is 14.4 Å². The summed E-state index contributed by atoms with van der Waals surface area (Å²) in [5.74, 6) is -0.766. The predicted octanol–water partition coefficient (Wildman–Crippen LogP) is 0.696. The molecule has 40 valence electrons. The highest BCUT2D eigenvalue weighted by Crippen LogP contribution is 2.15. The van der Waals surface area contributed by atoms with Gasteiger partial charge in [-0.2, -0.15) is 0 Å². The fourth-order valence-electron chi connectivity index (χ4n) is 0.187. The molecule has 0 spiro atoms. The van der Waals surface area contributed by atoms with Gasteiger partial charge in [-0.3, -0.25) is 4.79 Å². The number of carboxylic acids is 1. The Balaban J connectivity index is 2.27. The SMILES string of the molecule is O=C(O)Cn1ss1. The highest BCUT2D eigenvalue weighted by molar-refractivity contribution is 7.76. The first-order valence-electron chi connectivity index (χ1n) is 1.63. The third kappa shape index (κ3) is 1.75. The van der Waals surface area contributed by atoms with Crippen LogP contribution in [0.4, 0.5) is 0 Å². The largest absolute Gasteiger partial charge is 0.480 e. The molecule has 1 heterocycles. The summed E-state index contributed by atoms with van der Waals surface area (Å²) in [6.45, 7) is 0.148. The fourth-order valence-corrected chi connectivity index (χ4v) is 1.02. The van der Waals surface area contributed by atoms with E-state index in [1.165, 1.54) is 21.1 Å². The van der Waals surface area contributed by atoms with Crippen molar-refractivity contribution < 1.29 is 9.90 Å². The molecule has 0 aliphatic carbocycles. The maximum absolute atomic E-state index is 9.78. The Bertz CT molecular complexity index is 142. The molecule has 5 heteroatoms. The van der Waals surface area contributed by atoms with Crippen molar-refractivity contribution in [2.24, 2.45) is 0 Å². The number of carbonyl (C=O) groups is 1. The van der Waals surface area contributed by atoms with Crippen molar-refractivity contribution in [2.75, 3.05) is 0 Å². The number of aliphatic carboxylic acids is 1. The molecule has 1 rings (SSSR count). The molecule has 0 aliphatic heterocycles. The van der Waals surface area contributed by atoms with Crippen LogP contribution in [0.3, 0.4) is 0 Å². The number of hydrogen-bond acceptors (Lipinski definition) is 3. The summed E-state index contributed by atoms with van der Waals surface area (Å²) >= 11 is 0. The van der Waals surface area contributed by atoms with E-state index in [1.807, 2.05) is 0 Å². The number of carboxylic acid groups (broad SMARTS) is 1. The predicted molar refractivity (Wildman–Crippen MR) is 27.8 cm³/mol. The molecule has 0 atom stereocenters. The molecule has 0 bridgehead atoms. The third-order valence-corrected chi connectivity index (χ3v) is 2.14. The molecule has 0 amide bonds. The maximum atomic E-state index is 9.78. The molecule has 0 saturated carbocycles. The molecule has 0 unspecified atom stereocenters. The van der Waals surface area contributed by atoms with Gasteiger partial charge in [-0.15, -0.1) is 0 Å². The van der Waals surface area contributed by atoms with E-state index in [1.54, 1.807) is 3.35 Å². The first kappa shape index (κ1) is 4.86. The summed E-state index contributed by atoms with van der Waals surface area (Å²) in [6.07, 6.45) is 0. The summed E-state index contributed by atoms with van der Waals surface area (Å²) in [7, 11) is 2.93. The third-order valence-electron chi connectivity index (χ3n) is 0.444. The molecule has 0 radical (unpaired) electrons. The van der Waals surface area contributed by atoms with Gasteiger partial charge < -0.3 is 5.11 Å². The summed E-state index contributed by atoms with van der Waals surface area (Å²) in [4.78, 5) is 9.78. The summed E-state index contributed by atoms with van der Waals surface area (Å²) in [5, 5.41) is 8.06. The Morgan fingerprint density at radius 2 is 2.29 bits per heavy atom. The second-order valence-electron chi connectivity index (χ2n) is 1.03. The van der Waals surface area contributed by atoms with Crippen LogP contribution in [0.5, 0.6) is 0 Å². The van der Waals surface area contributed by atoms with E-state index in [2.05, 4.69) is 0 Å². The number of rotatable bonds is 2. The molecule has 7 heavy (non-hydrogen) atoms. The van der Waals surface area contributed by atoms with Gasteiger partial charge in [0.25, 0.3) is 0 Å². The molecule has 1 aromatic heterocycles. The van der Waals surface area contributed by atoms with Crippen molar-refractivity contribution in [3.8, 4) is 0 Å². The van der Waals surface area contributed by atoms with E-state index in [0.29, 0.717) is 0 Å². The van der Waals surface area contributed by atoms with Crippen LogP contribution in [0.2, 0.25) is 0 Å². The van der Waals surface area contributed by atoms with Gasteiger partial charge in [0.1, 0.15) is 6.54 Å². The highest BCUT2D eigenvalue weighted by Gasteiger charge is 2.01. The van der Waals surface area contributed by atoms with Gasteiger partial charge in [-0.25, -0.2) is 3.35 Å². The van der Waals surface area contributed by atoms with Crippen LogP contribution < -0.4 is 0 Å². The van der Waals surface area contributed by atoms with Gasteiger partial charge in [-0.05, 0) is 0 Å². The Labute approximate surface area is 47.5 Å². The molecule has 3 nitrogen and oxygen atoms in total. The monoisotopic (exact) mass is 137 g/mol. The first-order chi connectivity index (χ1) is 3.29. The van der Waals surface area contributed by atoms with Crippen LogP contribution >= 0.6 is 21.1 Å². The molecule has 1 N–H and O–H groups in total. The standard InChI is InChI=1S/C2H3NO2S2/c4-2(5)1-3-6-7-3/h1H2,(H,4,5). The Morgan fingerprint density at radius 1 is 1.71 bits per heavy atom. The Kier molecular flexibility index (Phi) is 1.16. The lowest BCUT2D eigenvalue weighted by Crippen LogP contribution is -1.99. The van der Waals surface area contributed by atoms with E-state index in [4.69, 9.17) is 5.11 Å². The molecular weight excluding hydrogens is 134 g/mol. The molecule has 0 aliphatic rings. The zero-order valence-corrected chi connectivity index (χ0v) is 4.96. The van der Waals surface area contributed by atoms with Gasteiger partial charge in [0.2, 0.25) is 0 Å². The smallest absolute Gasteiger partial charge is 0.325 e. The molecular formula is C2H3NO2S2. The average molecular weight is 137 g/mol. The molecule has 0 saturated heterocycles. The minimum atomic E-state index is -0.766. The minimum Gasteiger partial charge on any atom is -0.480 e. The quantitative estimate of drug-likeness (QED) is 0.609. The Morgan fingerprint density at radius 3 is 2.43 bits per heavy atom. The van der Waals surface area contributed by atoms with E-state index < -0.39 is 5.97 Å². The Hall–Kier alpha value is -0.290. The number of nitrogens with zero attached hydrogens (tertiary/aromatic N) is 1.